The van der Waals surface area contributed by atoms with Crippen molar-refractivity contribution in [2.45, 2.75) is 76.3 Å². The second-order valence-electron chi connectivity index (χ2n) is 14.6. The number of halogens is 2. The van der Waals surface area contributed by atoms with Gasteiger partial charge in [0, 0.05) is 60.9 Å². The quantitative estimate of drug-likeness (QED) is 0.123. The van der Waals surface area contributed by atoms with Gasteiger partial charge in [-0.15, -0.1) is 0 Å². The van der Waals surface area contributed by atoms with Gasteiger partial charge < -0.3 is 30.0 Å². The minimum Gasteiger partial charge on any atom is -0.481 e. The Labute approximate surface area is 324 Å². The summed E-state index contributed by atoms with van der Waals surface area (Å²) in [5.74, 6) is 0.319. The molecule has 3 atom stereocenters. The molecule has 0 radical (unpaired) electrons. The molecule has 0 bridgehead atoms. The average molecular weight is 773 g/mol. The number of benzene rings is 2. The van der Waals surface area contributed by atoms with Crippen molar-refractivity contribution in [3.63, 3.8) is 0 Å². The lowest BCUT2D eigenvalue weighted by molar-refractivity contribution is -0.141. The van der Waals surface area contributed by atoms with Crippen molar-refractivity contribution in [1.82, 2.24) is 25.5 Å². The van der Waals surface area contributed by atoms with Gasteiger partial charge in [-0.05, 0) is 73.9 Å². The van der Waals surface area contributed by atoms with Gasteiger partial charge in [-0.1, -0.05) is 65.7 Å². The first-order valence-electron chi connectivity index (χ1n) is 18.7. The van der Waals surface area contributed by atoms with Gasteiger partial charge in [-0.25, -0.2) is 4.98 Å². The fraction of sp³-hybridized carbons (Fsp3) is 0.415. The van der Waals surface area contributed by atoms with Crippen LogP contribution in [0.3, 0.4) is 0 Å². The Bertz CT molecular complexity index is 2080. The molecule has 13 heteroatoms. The second-order valence-corrected chi connectivity index (χ2v) is 15.4. The minimum absolute atomic E-state index is 0.101. The Hall–Kier alpha value is -4.42. The molecule has 4 heterocycles. The number of ether oxygens (including phenoxy) is 3. The largest absolute Gasteiger partial charge is 0.481 e. The molecule has 2 aliphatic heterocycles. The van der Waals surface area contributed by atoms with E-state index in [1.807, 2.05) is 42.5 Å². The third-order valence-corrected chi connectivity index (χ3v) is 11.4. The maximum Gasteiger partial charge on any atom is 0.307 e. The maximum absolute atomic E-state index is 11.6. The number of fused-ring (bicyclic) bond motifs is 1. The number of hydrogen-bond donors (Lipinski definition) is 3. The summed E-state index contributed by atoms with van der Waals surface area (Å²) in [5, 5.41) is 16.9. The summed E-state index contributed by atoms with van der Waals surface area (Å²) in [4.78, 5) is 34.8. The maximum atomic E-state index is 11.6. The molecule has 11 nitrogen and oxygen atoms in total. The molecule has 282 valence electrons. The molecule has 1 saturated carbocycles. The van der Waals surface area contributed by atoms with Gasteiger partial charge in [0.2, 0.25) is 23.5 Å². The van der Waals surface area contributed by atoms with Crippen LogP contribution in [0.1, 0.15) is 66.9 Å². The number of hydrogen-bond acceptors (Lipinski definition) is 9. The van der Waals surface area contributed by atoms with Gasteiger partial charge in [0.25, 0.3) is 0 Å². The number of nitrogens with one attached hydrogen (secondary N) is 2. The zero-order chi connectivity index (χ0) is 37.3. The van der Waals surface area contributed by atoms with E-state index in [4.69, 9.17) is 47.4 Å². The van der Waals surface area contributed by atoms with Crippen LogP contribution in [-0.2, 0) is 29.1 Å². The zero-order valence-corrected chi connectivity index (χ0v) is 31.6. The summed E-state index contributed by atoms with van der Waals surface area (Å²) in [6.45, 7) is 2.94. The van der Waals surface area contributed by atoms with Crippen molar-refractivity contribution in [3.8, 4) is 40.0 Å². The van der Waals surface area contributed by atoms with E-state index in [2.05, 4.69) is 27.7 Å². The third kappa shape index (κ3) is 7.86. The molecule has 0 spiro atoms. The van der Waals surface area contributed by atoms with E-state index in [1.165, 1.54) is 0 Å². The van der Waals surface area contributed by atoms with E-state index in [0.29, 0.717) is 78.9 Å². The number of carboxylic acids is 1. The molecule has 3 N–H and O–H groups in total. The van der Waals surface area contributed by atoms with Crippen molar-refractivity contribution < 1.29 is 28.9 Å². The highest BCUT2D eigenvalue weighted by Crippen LogP contribution is 2.45. The van der Waals surface area contributed by atoms with Crippen LogP contribution in [0, 0.1) is 5.92 Å². The molecular formula is C41H43Cl2N5O6. The van der Waals surface area contributed by atoms with Crippen molar-refractivity contribution >= 4 is 35.1 Å². The SMILES string of the molecule is COc1nc(-c2cccc(-c3cccc4c3CC[C@@H]4Oc3nc(OC4CC4)c(CN4CC[C@@H](C(=O)O)C4)cc3Cl)c2Cl)ccc1CNC[C@@H]1CCC(=O)N1. The van der Waals surface area contributed by atoms with Gasteiger partial charge in [-0.2, -0.15) is 4.98 Å². The topological polar surface area (TPSA) is 135 Å². The van der Waals surface area contributed by atoms with E-state index < -0.39 is 5.97 Å². The molecule has 2 aliphatic carbocycles. The number of methoxy groups -OCH3 is 1. The van der Waals surface area contributed by atoms with Gasteiger partial charge in [0.1, 0.15) is 17.2 Å². The number of nitrogens with zero attached hydrogens (tertiary/aromatic N) is 3. The van der Waals surface area contributed by atoms with Gasteiger partial charge >= 0.3 is 5.97 Å². The highest BCUT2D eigenvalue weighted by Gasteiger charge is 2.33. The van der Waals surface area contributed by atoms with Crippen LogP contribution in [0.15, 0.2) is 54.6 Å². The number of likely N-dealkylation sites (tertiary alicyclic amines) is 1. The highest BCUT2D eigenvalue weighted by molar-refractivity contribution is 6.36. The number of carbonyl (C=O) groups is 2. The number of aliphatic carboxylic acids is 1. The molecule has 1 amide bonds. The van der Waals surface area contributed by atoms with Crippen LogP contribution in [0.2, 0.25) is 10.0 Å². The fourth-order valence-corrected chi connectivity index (χ4v) is 8.30. The molecule has 3 fully saturated rings. The number of amides is 1. The van der Waals surface area contributed by atoms with E-state index in [1.54, 1.807) is 7.11 Å². The van der Waals surface area contributed by atoms with E-state index >= 15 is 0 Å². The van der Waals surface area contributed by atoms with Crippen LogP contribution < -0.4 is 24.8 Å². The smallest absolute Gasteiger partial charge is 0.307 e. The lowest BCUT2D eigenvalue weighted by Gasteiger charge is -2.21. The van der Waals surface area contributed by atoms with Crippen LogP contribution in [0.25, 0.3) is 22.4 Å². The lowest BCUT2D eigenvalue weighted by atomic mass is 9.94. The van der Waals surface area contributed by atoms with E-state index in [9.17, 15) is 14.7 Å². The lowest BCUT2D eigenvalue weighted by Crippen LogP contribution is -2.35. The molecule has 4 aromatic rings. The van der Waals surface area contributed by atoms with Crippen LogP contribution >= 0.6 is 23.2 Å². The van der Waals surface area contributed by atoms with E-state index in [0.717, 1.165) is 71.0 Å². The summed E-state index contributed by atoms with van der Waals surface area (Å²) in [6, 6.07) is 18.2. The summed E-state index contributed by atoms with van der Waals surface area (Å²) in [6.07, 6.45) is 5.37. The number of carboxylic acid groups (broad SMARTS) is 1. The summed E-state index contributed by atoms with van der Waals surface area (Å²) < 4.78 is 18.5. The third-order valence-electron chi connectivity index (χ3n) is 10.8. The number of carbonyl (C=O) groups excluding carboxylic acids is 1. The summed E-state index contributed by atoms with van der Waals surface area (Å²) >= 11 is 14.0. The van der Waals surface area contributed by atoms with Crippen LogP contribution in [0.4, 0.5) is 0 Å². The van der Waals surface area contributed by atoms with Gasteiger partial charge in [0.05, 0.1) is 23.7 Å². The first-order chi connectivity index (χ1) is 26.2. The van der Waals surface area contributed by atoms with Gasteiger partial charge in [-0.3, -0.25) is 14.5 Å². The molecule has 0 unspecified atom stereocenters. The number of rotatable bonds is 14. The summed E-state index contributed by atoms with van der Waals surface area (Å²) in [5.41, 5.74) is 7.43. The predicted octanol–water partition coefficient (Wildman–Crippen LogP) is 7.01. The Kier molecular flexibility index (Phi) is 10.7. The molecular weight excluding hydrogens is 729 g/mol. The molecule has 2 aromatic carbocycles. The van der Waals surface area contributed by atoms with Crippen molar-refractivity contribution in [3.05, 3.63) is 86.9 Å². The minimum atomic E-state index is -0.761. The monoisotopic (exact) mass is 771 g/mol. The van der Waals surface area contributed by atoms with Crippen molar-refractivity contribution in [2.24, 2.45) is 5.92 Å². The average Bonchev–Trinajstić information content (AvgIpc) is 3.48. The standard InChI is InChI=1S/C41H43Cl2N5O6/c1-52-38-23(19-44-20-26-9-15-36(49)45-26)8-13-34(46-38)32-7-3-6-31(37(32)43)28-4-2-5-30-29(28)12-14-35(30)54-40-33(42)18-25(39(47-40)53-27-10-11-27)22-48-17-16-24(21-48)41(50)51/h2-8,13,18,24,26-27,35,44H,9-12,14-17,19-22H2,1H3,(H,45,49)(H,50,51)/t24-,26+,35+/m1/s1. The first-order valence-corrected chi connectivity index (χ1v) is 19.4. The van der Waals surface area contributed by atoms with Crippen molar-refractivity contribution in [1.29, 1.82) is 0 Å². The Morgan fingerprint density at radius 1 is 0.926 bits per heavy atom. The molecule has 8 rings (SSSR count). The molecule has 2 saturated heterocycles. The number of pyridine rings is 2. The fourth-order valence-electron chi connectivity index (χ4n) is 7.76. The predicted molar refractivity (Wildman–Crippen MR) is 205 cm³/mol. The summed E-state index contributed by atoms with van der Waals surface area (Å²) in [7, 11) is 1.61. The first kappa shape index (κ1) is 36.6. The number of aromatic nitrogens is 2. The van der Waals surface area contributed by atoms with Gasteiger partial charge in [0.15, 0.2) is 0 Å². The Balaban J connectivity index is 1.00. The normalized spacial score (nSPS) is 20.9. The zero-order valence-electron chi connectivity index (χ0n) is 30.1. The van der Waals surface area contributed by atoms with Crippen LogP contribution in [0.5, 0.6) is 17.6 Å². The Morgan fingerprint density at radius 3 is 2.50 bits per heavy atom. The Morgan fingerprint density at radius 2 is 1.74 bits per heavy atom. The molecule has 2 aromatic heterocycles. The molecule has 4 aliphatic rings. The highest BCUT2D eigenvalue weighted by atomic mass is 35.5. The van der Waals surface area contributed by atoms with Crippen LogP contribution in [-0.4, -0.2) is 70.7 Å². The molecule has 54 heavy (non-hydrogen) atoms. The van der Waals surface area contributed by atoms with Crippen molar-refractivity contribution in [2.75, 3.05) is 26.7 Å². The van der Waals surface area contributed by atoms with E-state index in [-0.39, 0.29) is 30.1 Å². The second kappa shape index (κ2) is 15.7.